The number of hydrogen-bond donors (Lipinski definition) is 1. The minimum Gasteiger partial charge on any atom is -0.454 e. The van der Waals surface area contributed by atoms with Crippen LogP contribution in [0.15, 0.2) is 35.7 Å². The van der Waals surface area contributed by atoms with E-state index in [-0.39, 0.29) is 18.4 Å². The molecule has 1 aromatic carbocycles. The maximum Gasteiger partial charge on any atom is 0.260 e. The molecule has 0 aliphatic carbocycles. The van der Waals surface area contributed by atoms with E-state index in [0.29, 0.717) is 11.5 Å². The predicted molar refractivity (Wildman–Crippen MR) is 69.8 cm³/mol. The zero-order valence-electron chi connectivity index (χ0n) is 10.7. The number of fused-ring (bicyclic) bond motifs is 1. The summed E-state index contributed by atoms with van der Waals surface area (Å²) in [5.74, 6) is 1.31. The van der Waals surface area contributed by atoms with E-state index in [0.717, 1.165) is 5.56 Å². The Morgan fingerprint density at radius 2 is 2.15 bits per heavy atom. The maximum absolute atomic E-state index is 12.2. The Labute approximate surface area is 116 Å². The SMILES string of the molecule is CN(Cc1ccc2c(c1)OCO2)S(=O)(=O)c1cnc[nH]1. The van der Waals surface area contributed by atoms with Crippen molar-refractivity contribution in [2.75, 3.05) is 13.8 Å². The van der Waals surface area contributed by atoms with E-state index in [1.54, 1.807) is 12.1 Å². The third kappa shape index (κ3) is 2.23. The fraction of sp³-hybridized carbons (Fsp3) is 0.250. The molecule has 0 atom stereocenters. The van der Waals surface area contributed by atoms with Gasteiger partial charge in [-0.3, -0.25) is 0 Å². The standard InChI is InChI=1S/C12H13N3O4S/c1-15(20(16,17)12-5-13-7-14-12)6-9-2-3-10-11(4-9)19-8-18-10/h2-5,7H,6,8H2,1H3,(H,13,14). The largest absolute Gasteiger partial charge is 0.454 e. The topological polar surface area (TPSA) is 84.5 Å². The molecule has 1 aromatic heterocycles. The van der Waals surface area contributed by atoms with Crippen LogP contribution in [-0.4, -0.2) is 36.5 Å². The summed E-state index contributed by atoms with van der Waals surface area (Å²) in [7, 11) is -2.05. The van der Waals surface area contributed by atoms with E-state index in [1.165, 1.54) is 23.9 Å². The molecule has 7 nitrogen and oxygen atoms in total. The fourth-order valence-corrected chi connectivity index (χ4v) is 2.98. The van der Waals surface area contributed by atoms with E-state index in [9.17, 15) is 8.42 Å². The molecule has 0 saturated carbocycles. The van der Waals surface area contributed by atoms with Gasteiger partial charge in [-0.25, -0.2) is 13.4 Å². The summed E-state index contributed by atoms with van der Waals surface area (Å²) in [5, 5.41) is 0.0701. The van der Waals surface area contributed by atoms with Crippen molar-refractivity contribution in [2.24, 2.45) is 0 Å². The van der Waals surface area contributed by atoms with Crippen molar-refractivity contribution in [3.8, 4) is 11.5 Å². The third-order valence-electron chi connectivity index (χ3n) is 3.00. The van der Waals surface area contributed by atoms with Crippen LogP contribution < -0.4 is 9.47 Å². The molecule has 0 fully saturated rings. The summed E-state index contributed by atoms with van der Waals surface area (Å²) < 4.78 is 36.2. The molecule has 1 aliphatic heterocycles. The molecule has 106 valence electrons. The van der Waals surface area contributed by atoms with Crippen molar-refractivity contribution >= 4 is 10.0 Å². The summed E-state index contributed by atoms with van der Waals surface area (Å²) in [4.78, 5) is 6.33. The van der Waals surface area contributed by atoms with E-state index in [2.05, 4.69) is 9.97 Å². The smallest absolute Gasteiger partial charge is 0.260 e. The maximum atomic E-state index is 12.2. The van der Waals surface area contributed by atoms with Crippen LogP contribution in [0.5, 0.6) is 11.5 Å². The lowest BCUT2D eigenvalue weighted by atomic mass is 10.2. The number of nitrogens with one attached hydrogen (secondary N) is 1. The van der Waals surface area contributed by atoms with Crippen molar-refractivity contribution < 1.29 is 17.9 Å². The summed E-state index contributed by atoms with van der Waals surface area (Å²) in [6, 6.07) is 5.36. The second kappa shape index (κ2) is 4.80. The van der Waals surface area contributed by atoms with Gasteiger partial charge < -0.3 is 14.5 Å². The van der Waals surface area contributed by atoms with Gasteiger partial charge in [0.05, 0.1) is 12.5 Å². The molecule has 0 radical (unpaired) electrons. The first-order valence-corrected chi connectivity index (χ1v) is 7.34. The van der Waals surface area contributed by atoms with Crippen LogP contribution in [0.4, 0.5) is 0 Å². The first kappa shape index (κ1) is 12.9. The molecule has 0 saturated heterocycles. The number of benzene rings is 1. The molecule has 1 aliphatic rings. The van der Waals surface area contributed by atoms with Crippen LogP contribution in [0.25, 0.3) is 0 Å². The quantitative estimate of drug-likeness (QED) is 0.908. The lowest BCUT2D eigenvalue weighted by molar-refractivity contribution is 0.174. The molecule has 1 N–H and O–H groups in total. The van der Waals surface area contributed by atoms with Crippen molar-refractivity contribution in [2.45, 2.75) is 11.6 Å². The molecule has 3 rings (SSSR count). The van der Waals surface area contributed by atoms with Crippen molar-refractivity contribution in [3.05, 3.63) is 36.3 Å². The van der Waals surface area contributed by atoms with Crippen molar-refractivity contribution in [3.63, 3.8) is 0 Å². The van der Waals surface area contributed by atoms with E-state index in [1.807, 2.05) is 6.07 Å². The molecule has 0 bridgehead atoms. The predicted octanol–water partition coefficient (Wildman–Crippen LogP) is 0.959. The van der Waals surface area contributed by atoms with Gasteiger partial charge in [0.1, 0.15) is 0 Å². The highest BCUT2D eigenvalue weighted by Gasteiger charge is 2.23. The Bertz CT molecular complexity index is 712. The molecule has 0 spiro atoms. The van der Waals surface area contributed by atoms with Gasteiger partial charge in [-0.05, 0) is 17.7 Å². The summed E-state index contributed by atoms with van der Waals surface area (Å²) in [6.07, 6.45) is 2.62. The van der Waals surface area contributed by atoms with Crippen LogP contribution in [0.3, 0.4) is 0 Å². The molecular formula is C12H13N3O4S. The van der Waals surface area contributed by atoms with Gasteiger partial charge in [-0.2, -0.15) is 4.31 Å². The Hall–Kier alpha value is -2.06. The zero-order chi connectivity index (χ0) is 14.2. The number of ether oxygens (including phenoxy) is 2. The Balaban J connectivity index is 1.81. The minimum absolute atomic E-state index is 0.0701. The molecule has 8 heteroatoms. The van der Waals surface area contributed by atoms with Crippen LogP contribution in [-0.2, 0) is 16.6 Å². The molecule has 0 unspecified atom stereocenters. The second-order valence-electron chi connectivity index (χ2n) is 4.36. The molecule has 20 heavy (non-hydrogen) atoms. The Morgan fingerprint density at radius 3 is 2.90 bits per heavy atom. The lowest BCUT2D eigenvalue weighted by Gasteiger charge is -2.16. The van der Waals surface area contributed by atoms with Gasteiger partial charge in [-0.1, -0.05) is 6.07 Å². The van der Waals surface area contributed by atoms with Crippen LogP contribution in [0.2, 0.25) is 0 Å². The highest BCUT2D eigenvalue weighted by atomic mass is 32.2. The lowest BCUT2D eigenvalue weighted by Crippen LogP contribution is -2.26. The van der Waals surface area contributed by atoms with Gasteiger partial charge in [0.25, 0.3) is 10.0 Å². The van der Waals surface area contributed by atoms with Gasteiger partial charge in [0.2, 0.25) is 6.79 Å². The number of aromatic nitrogens is 2. The van der Waals surface area contributed by atoms with E-state index < -0.39 is 10.0 Å². The van der Waals surface area contributed by atoms with Crippen molar-refractivity contribution in [1.82, 2.24) is 14.3 Å². The first-order chi connectivity index (χ1) is 9.57. The highest BCUT2D eigenvalue weighted by Crippen LogP contribution is 2.33. The third-order valence-corrected chi connectivity index (χ3v) is 4.73. The van der Waals surface area contributed by atoms with E-state index in [4.69, 9.17) is 9.47 Å². The van der Waals surface area contributed by atoms with Crippen molar-refractivity contribution in [1.29, 1.82) is 0 Å². The molecule has 2 aromatic rings. The summed E-state index contributed by atoms with van der Waals surface area (Å²) in [5.41, 5.74) is 0.819. The second-order valence-corrected chi connectivity index (χ2v) is 6.38. The van der Waals surface area contributed by atoms with Crippen LogP contribution in [0.1, 0.15) is 5.56 Å². The van der Waals surface area contributed by atoms with Crippen LogP contribution in [0, 0.1) is 0 Å². The number of rotatable bonds is 4. The number of hydrogen-bond acceptors (Lipinski definition) is 5. The number of nitrogens with zero attached hydrogens (tertiary/aromatic N) is 2. The van der Waals surface area contributed by atoms with Gasteiger partial charge in [0.15, 0.2) is 16.5 Å². The first-order valence-electron chi connectivity index (χ1n) is 5.90. The average molecular weight is 295 g/mol. The summed E-state index contributed by atoms with van der Waals surface area (Å²) >= 11 is 0. The number of imidazole rings is 1. The highest BCUT2D eigenvalue weighted by molar-refractivity contribution is 7.89. The van der Waals surface area contributed by atoms with Gasteiger partial charge in [-0.15, -0.1) is 0 Å². The average Bonchev–Trinajstić information content (AvgIpc) is 3.09. The van der Waals surface area contributed by atoms with Crippen LogP contribution >= 0.6 is 0 Å². The molecule has 0 amide bonds. The fourth-order valence-electron chi connectivity index (χ4n) is 1.93. The van der Waals surface area contributed by atoms with Gasteiger partial charge in [0, 0.05) is 13.6 Å². The number of sulfonamides is 1. The Morgan fingerprint density at radius 1 is 1.35 bits per heavy atom. The minimum atomic E-state index is -3.56. The van der Waals surface area contributed by atoms with Gasteiger partial charge >= 0.3 is 0 Å². The normalized spacial score (nSPS) is 13.9. The number of H-pyrrole nitrogens is 1. The monoisotopic (exact) mass is 295 g/mol. The Kier molecular flexibility index (Phi) is 3.11. The molecular weight excluding hydrogens is 282 g/mol. The summed E-state index contributed by atoms with van der Waals surface area (Å²) in [6.45, 7) is 0.430. The van der Waals surface area contributed by atoms with E-state index >= 15 is 0 Å². The molecule has 2 heterocycles. The zero-order valence-corrected chi connectivity index (χ0v) is 11.6. The number of aromatic amines is 1.